The summed E-state index contributed by atoms with van der Waals surface area (Å²) in [6.07, 6.45) is 1.86. The normalized spacial score (nSPS) is 21.9. The van der Waals surface area contributed by atoms with E-state index >= 15 is 0 Å². The maximum atomic E-state index is 12.7. The summed E-state index contributed by atoms with van der Waals surface area (Å²) in [6.45, 7) is 0.905. The van der Waals surface area contributed by atoms with Crippen molar-refractivity contribution in [3.05, 3.63) is 59.7 Å². The Hall–Kier alpha value is -3.39. The summed E-state index contributed by atoms with van der Waals surface area (Å²) in [5, 5.41) is 14.9. The molecule has 184 valence electrons. The fourth-order valence-electron chi connectivity index (χ4n) is 5.58. The van der Waals surface area contributed by atoms with Crippen LogP contribution in [0, 0.1) is 5.41 Å². The van der Waals surface area contributed by atoms with Crippen molar-refractivity contribution in [2.75, 3.05) is 19.8 Å². The van der Waals surface area contributed by atoms with E-state index in [4.69, 9.17) is 9.47 Å². The van der Waals surface area contributed by atoms with Crippen molar-refractivity contribution in [2.45, 2.75) is 50.2 Å². The molecule has 1 heterocycles. The number of hydrogen-bond donors (Lipinski definition) is 3. The summed E-state index contributed by atoms with van der Waals surface area (Å²) in [5.74, 6) is -1.28. The van der Waals surface area contributed by atoms with Crippen molar-refractivity contribution in [1.29, 1.82) is 0 Å². The van der Waals surface area contributed by atoms with Crippen LogP contribution in [0.1, 0.15) is 49.1 Å². The fourth-order valence-corrected chi connectivity index (χ4v) is 5.58. The predicted molar refractivity (Wildman–Crippen MR) is 128 cm³/mol. The second-order valence-electron chi connectivity index (χ2n) is 9.80. The number of carbonyl (C=O) groups is 3. The molecular formula is C27H30N2O6. The molecule has 2 unspecified atom stereocenters. The maximum absolute atomic E-state index is 12.7. The summed E-state index contributed by atoms with van der Waals surface area (Å²) in [5.41, 5.74) is 4.34. The van der Waals surface area contributed by atoms with E-state index in [1.54, 1.807) is 0 Å². The third-order valence-electron chi connectivity index (χ3n) is 7.58. The molecule has 5 rings (SSSR count). The number of ether oxygens (including phenoxy) is 2. The molecule has 8 nitrogen and oxygen atoms in total. The number of hydrogen-bond acceptors (Lipinski definition) is 5. The van der Waals surface area contributed by atoms with Crippen LogP contribution in [0.4, 0.5) is 4.79 Å². The highest BCUT2D eigenvalue weighted by Gasteiger charge is 2.41. The van der Waals surface area contributed by atoms with Gasteiger partial charge in [-0.05, 0) is 46.9 Å². The minimum absolute atomic E-state index is 0.00703. The Morgan fingerprint density at radius 3 is 2.29 bits per heavy atom. The zero-order valence-corrected chi connectivity index (χ0v) is 19.5. The number of carbonyl (C=O) groups excluding carboxylic acids is 2. The third-order valence-corrected chi connectivity index (χ3v) is 7.58. The number of carboxylic acids is 1. The van der Waals surface area contributed by atoms with Crippen molar-refractivity contribution >= 4 is 18.0 Å². The lowest BCUT2D eigenvalue weighted by Crippen LogP contribution is -2.49. The molecule has 2 fully saturated rings. The van der Waals surface area contributed by atoms with E-state index in [1.165, 1.54) is 11.1 Å². The summed E-state index contributed by atoms with van der Waals surface area (Å²) >= 11 is 0. The first-order valence-corrected chi connectivity index (χ1v) is 12.2. The Bertz CT molecular complexity index is 1080. The fraction of sp³-hybridized carbons (Fsp3) is 0.444. The zero-order valence-electron chi connectivity index (χ0n) is 19.5. The molecule has 3 aliphatic rings. The van der Waals surface area contributed by atoms with E-state index in [9.17, 15) is 19.5 Å². The Labute approximate surface area is 204 Å². The Kier molecular flexibility index (Phi) is 6.47. The van der Waals surface area contributed by atoms with Crippen LogP contribution in [-0.4, -0.2) is 55.0 Å². The highest BCUT2D eigenvalue weighted by Crippen LogP contribution is 2.45. The lowest BCUT2D eigenvalue weighted by molar-refractivity contribution is -0.148. The highest BCUT2D eigenvalue weighted by molar-refractivity contribution is 5.80. The smallest absolute Gasteiger partial charge is 0.407 e. The Morgan fingerprint density at radius 2 is 1.69 bits per heavy atom. The lowest BCUT2D eigenvalue weighted by Gasteiger charge is -2.41. The van der Waals surface area contributed by atoms with E-state index in [0.29, 0.717) is 19.6 Å². The van der Waals surface area contributed by atoms with Gasteiger partial charge in [-0.3, -0.25) is 4.79 Å². The predicted octanol–water partition coefficient (Wildman–Crippen LogP) is 3.44. The topological polar surface area (TPSA) is 114 Å². The van der Waals surface area contributed by atoms with E-state index in [0.717, 1.165) is 30.4 Å². The van der Waals surface area contributed by atoms with Gasteiger partial charge in [-0.25, -0.2) is 9.59 Å². The number of carboxylic acid groups (broad SMARTS) is 1. The van der Waals surface area contributed by atoms with Gasteiger partial charge in [0.05, 0.1) is 6.04 Å². The molecule has 1 saturated heterocycles. The van der Waals surface area contributed by atoms with Crippen LogP contribution in [0.2, 0.25) is 0 Å². The average Bonchev–Trinajstić information content (AvgIpc) is 3.42. The number of benzene rings is 2. The number of fused-ring (bicyclic) bond motifs is 3. The Morgan fingerprint density at radius 1 is 1.03 bits per heavy atom. The molecule has 1 aliphatic heterocycles. The van der Waals surface area contributed by atoms with E-state index in [1.807, 2.05) is 24.3 Å². The van der Waals surface area contributed by atoms with Gasteiger partial charge in [0.1, 0.15) is 6.61 Å². The van der Waals surface area contributed by atoms with Crippen LogP contribution in [0.15, 0.2) is 48.5 Å². The number of rotatable bonds is 8. The molecule has 2 aromatic rings. The van der Waals surface area contributed by atoms with Gasteiger partial charge in [0.15, 0.2) is 6.10 Å². The molecule has 35 heavy (non-hydrogen) atoms. The molecular weight excluding hydrogens is 448 g/mol. The SMILES string of the molecule is O=C(CC1(CNC(=O)OCC2c3ccccc3-c3ccccc32)CCC1)NC1CCOC1C(=O)O. The molecule has 0 radical (unpaired) electrons. The van der Waals surface area contributed by atoms with Gasteiger partial charge in [0, 0.05) is 25.5 Å². The first-order valence-electron chi connectivity index (χ1n) is 12.2. The first-order chi connectivity index (χ1) is 17.0. The largest absolute Gasteiger partial charge is 0.479 e. The standard InChI is InChI=1S/C27H30N2O6/c30-23(29-22-10-13-34-24(22)25(31)32)14-27(11-5-12-27)16-28-26(33)35-15-21-19-8-3-1-6-17(19)18-7-2-4-9-20(18)21/h1-4,6-9,21-22,24H,5,10-16H2,(H,28,33)(H,29,30)(H,31,32). The number of nitrogens with one attached hydrogen (secondary N) is 2. The Balaban J connectivity index is 1.14. The van der Waals surface area contributed by atoms with Crippen molar-refractivity contribution in [1.82, 2.24) is 10.6 Å². The minimum atomic E-state index is -1.07. The molecule has 0 spiro atoms. The van der Waals surface area contributed by atoms with Gasteiger partial charge in [-0.15, -0.1) is 0 Å². The quantitative estimate of drug-likeness (QED) is 0.536. The van der Waals surface area contributed by atoms with Crippen molar-refractivity contribution in [3.8, 4) is 11.1 Å². The molecule has 2 aromatic carbocycles. The summed E-state index contributed by atoms with van der Waals surface area (Å²) in [6, 6.07) is 15.8. The molecule has 2 aliphatic carbocycles. The van der Waals surface area contributed by atoms with Gasteiger partial charge in [0.2, 0.25) is 5.91 Å². The molecule has 0 aromatic heterocycles. The maximum Gasteiger partial charge on any atom is 0.407 e. The summed E-state index contributed by atoms with van der Waals surface area (Å²) in [7, 11) is 0. The zero-order chi connectivity index (χ0) is 24.4. The van der Waals surface area contributed by atoms with Crippen LogP contribution < -0.4 is 10.6 Å². The van der Waals surface area contributed by atoms with Crippen LogP contribution in [0.25, 0.3) is 11.1 Å². The van der Waals surface area contributed by atoms with Crippen LogP contribution in [-0.2, 0) is 19.1 Å². The van der Waals surface area contributed by atoms with Crippen molar-refractivity contribution in [3.63, 3.8) is 0 Å². The molecule has 8 heteroatoms. The van der Waals surface area contributed by atoms with Crippen LogP contribution >= 0.6 is 0 Å². The monoisotopic (exact) mass is 478 g/mol. The first kappa shape index (κ1) is 23.4. The average molecular weight is 479 g/mol. The lowest BCUT2D eigenvalue weighted by atomic mass is 9.66. The number of aliphatic carboxylic acids is 1. The molecule has 1 saturated carbocycles. The van der Waals surface area contributed by atoms with Crippen LogP contribution in [0.3, 0.4) is 0 Å². The van der Waals surface area contributed by atoms with E-state index in [-0.39, 0.29) is 30.3 Å². The molecule has 2 atom stereocenters. The van der Waals surface area contributed by atoms with Crippen molar-refractivity contribution in [2.24, 2.45) is 5.41 Å². The number of amides is 2. The molecule has 0 bridgehead atoms. The third kappa shape index (κ3) is 4.75. The molecule has 3 N–H and O–H groups in total. The summed E-state index contributed by atoms with van der Waals surface area (Å²) in [4.78, 5) is 36.5. The van der Waals surface area contributed by atoms with Gasteiger partial charge in [-0.2, -0.15) is 0 Å². The van der Waals surface area contributed by atoms with E-state index in [2.05, 4.69) is 34.9 Å². The van der Waals surface area contributed by atoms with Gasteiger partial charge >= 0.3 is 12.1 Å². The van der Waals surface area contributed by atoms with E-state index < -0.39 is 24.2 Å². The summed E-state index contributed by atoms with van der Waals surface area (Å²) < 4.78 is 10.8. The highest BCUT2D eigenvalue weighted by atomic mass is 16.5. The second kappa shape index (κ2) is 9.70. The van der Waals surface area contributed by atoms with Gasteiger partial charge in [0.25, 0.3) is 0 Å². The van der Waals surface area contributed by atoms with Crippen LogP contribution in [0.5, 0.6) is 0 Å². The minimum Gasteiger partial charge on any atom is -0.479 e. The second-order valence-corrected chi connectivity index (χ2v) is 9.80. The van der Waals surface area contributed by atoms with Gasteiger partial charge < -0.3 is 25.2 Å². The molecule has 2 amide bonds. The van der Waals surface area contributed by atoms with Gasteiger partial charge in [-0.1, -0.05) is 55.0 Å². The number of alkyl carbamates (subject to hydrolysis) is 1. The van der Waals surface area contributed by atoms with Crippen molar-refractivity contribution < 1.29 is 29.0 Å².